The number of nitrogens with one attached hydrogen (secondary N) is 1. The number of benzene rings is 1. The highest BCUT2D eigenvalue weighted by Gasteiger charge is 2.25. The van der Waals surface area contributed by atoms with Gasteiger partial charge in [0.05, 0.1) is 29.6 Å². The number of amides is 1. The Morgan fingerprint density at radius 2 is 2.00 bits per heavy atom. The summed E-state index contributed by atoms with van der Waals surface area (Å²) in [5, 5.41) is 7.25. The second-order valence-corrected chi connectivity index (χ2v) is 7.34. The van der Waals surface area contributed by atoms with Crippen molar-refractivity contribution in [2.24, 2.45) is 0 Å². The maximum Gasteiger partial charge on any atom is 0.274 e. The lowest BCUT2D eigenvalue weighted by molar-refractivity contribution is 0.0359. The SMILES string of the molecule is Cc1cc2ncn(Cc3cc(C(=O)N(C)C4CCOCC4)n[nH]3)c2cc1C. The lowest BCUT2D eigenvalue weighted by Crippen LogP contribution is -2.40. The van der Waals surface area contributed by atoms with E-state index in [-0.39, 0.29) is 11.9 Å². The fourth-order valence-electron chi connectivity index (χ4n) is 3.59. The molecule has 7 heteroatoms. The third-order valence-electron chi connectivity index (χ3n) is 5.49. The van der Waals surface area contributed by atoms with E-state index < -0.39 is 0 Å². The lowest BCUT2D eigenvalue weighted by atomic mass is 10.1. The summed E-state index contributed by atoms with van der Waals surface area (Å²) in [7, 11) is 1.85. The van der Waals surface area contributed by atoms with Crippen molar-refractivity contribution in [2.75, 3.05) is 20.3 Å². The number of aromatic amines is 1. The van der Waals surface area contributed by atoms with Crippen molar-refractivity contribution in [3.8, 4) is 0 Å². The normalized spacial score (nSPS) is 15.4. The molecule has 3 aromatic rings. The molecule has 0 atom stereocenters. The van der Waals surface area contributed by atoms with Gasteiger partial charge in [-0.2, -0.15) is 5.10 Å². The predicted molar refractivity (Wildman–Crippen MR) is 103 cm³/mol. The summed E-state index contributed by atoms with van der Waals surface area (Å²) in [5.74, 6) is -0.0497. The average molecular weight is 367 g/mol. The van der Waals surface area contributed by atoms with Gasteiger partial charge in [-0.25, -0.2) is 4.98 Å². The highest BCUT2D eigenvalue weighted by molar-refractivity contribution is 5.92. The van der Waals surface area contributed by atoms with Crippen molar-refractivity contribution in [3.05, 3.63) is 47.0 Å². The number of hydrogen-bond acceptors (Lipinski definition) is 4. The second kappa shape index (κ2) is 7.15. The minimum atomic E-state index is -0.0497. The summed E-state index contributed by atoms with van der Waals surface area (Å²) in [4.78, 5) is 19.0. The van der Waals surface area contributed by atoms with Gasteiger partial charge in [-0.3, -0.25) is 9.89 Å². The van der Waals surface area contributed by atoms with Crippen molar-refractivity contribution < 1.29 is 9.53 Å². The zero-order chi connectivity index (χ0) is 19.0. The molecule has 0 unspecified atom stereocenters. The Balaban J connectivity index is 1.51. The number of aromatic nitrogens is 4. The summed E-state index contributed by atoms with van der Waals surface area (Å²) in [6.07, 6.45) is 3.58. The van der Waals surface area contributed by atoms with Crippen LogP contribution in [0.1, 0.15) is 40.2 Å². The van der Waals surface area contributed by atoms with E-state index >= 15 is 0 Å². The molecule has 1 aromatic carbocycles. The van der Waals surface area contributed by atoms with Crippen LogP contribution in [0.15, 0.2) is 24.5 Å². The Bertz CT molecular complexity index is 968. The highest BCUT2D eigenvalue weighted by atomic mass is 16.5. The number of rotatable bonds is 4. The van der Waals surface area contributed by atoms with E-state index in [1.165, 1.54) is 11.1 Å². The van der Waals surface area contributed by atoms with Crippen molar-refractivity contribution in [1.82, 2.24) is 24.6 Å². The van der Waals surface area contributed by atoms with Crippen molar-refractivity contribution in [3.63, 3.8) is 0 Å². The molecule has 4 rings (SSSR count). The summed E-state index contributed by atoms with van der Waals surface area (Å²) in [6.45, 7) is 6.21. The quantitative estimate of drug-likeness (QED) is 0.769. The molecule has 1 aliphatic heterocycles. The van der Waals surface area contributed by atoms with Gasteiger partial charge < -0.3 is 14.2 Å². The summed E-state index contributed by atoms with van der Waals surface area (Å²) in [6, 6.07) is 6.31. The first-order valence-electron chi connectivity index (χ1n) is 9.34. The first-order valence-corrected chi connectivity index (χ1v) is 9.34. The molecule has 2 aromatic heterocycles. The van der Waals surface area contributed by atoms with E-state index in [0.29, 0.717) is 25.5 Å². The van der Waals surface area contributed by atoms with E-state index in [0.717, 1.165) is 29.6 Å². The van der Waals surface area contributed by atoms with Crippen LogP contribution in [0.2, 0.25) is 0 Å². The molecular formula is C20H25N5O2. The van der Waals surface area contributed by atoms with Crippen LogP contribution >= 0.6 is 0 Å². The molecule has 7 nitrogen and oxygen atoms in total. The predicted octanol–water partition coefficient (Wildman–Crippen LogP) is 2.68. The van der Waals surface area contributed by atoms with E-state index in [2.05, 4.69) is 45.7 Å². The fourth-order valence-corrected chi connectivity index (χ4v) is 3.59. The molecule has 1 amide bonds. The van der Waals surface area contributed by atoms with Gasteiger partial charge in [0.1, 0.15) is 5.69 Å². The Labute approximate surface area is 158 Å². The first kappa shape index (κ1) is 17.7. The number of ether oxygens (including phenoxy) is 1. The smallest absolute Gasteiger partial charge is 0.274 e. The average Bonchev–Trinajstić information content (AvgIpc) is 3.30. The van der Waals surface area contributed by atoms with Gasteiger partial charge in [-0.05, 0) is 56.0 Å². The summed E-state index contributed by atoms with van der Waals surface area (Å²) >= 11 is 0. The van der Waals surface area contributed by atoms with E-state index in [9.17, 15) is 4.79 Å². The molecule has 0 radical (unpaired) electrons. The molecule has 1 aliphatic rings. The number of nitrogens with zero attached hydrogens (tertiary/aromatic N) is 4. The maximum atomic E-state index is 12.7. The molecule has 0 aliphatic carbocycles. The van der Waals surface area contributed by atoms with Crippen LogP contribution in [-0.2, 0) is 11.3 Å². The maximum absolute atomic E-state index is 12.7. The van der Waals surface area contributed by atoms with E-state index in [1.807, 2.05) is 19.4 Å². The summed E-state index contributed by atoms with van der Waals surface area (Å²) in [5.41, 5.74) is 5.88. The highest BCUT2D eigenvalue weighted by Crippen LogP contribution is 2.20. The molecule has 0 saturated carbocycles. The van der Waals surface area contributed by atoms with Gasteiger partial charge in [-0.15, -0.1) is 0 Å². The van der Waals surface area contributed by atoms with Crippen LogP contribution in [0.4, 0.5) is 0 Å². The second-order valence-electron chi connectivity index (χ2n) is 7.34. The van der Waals surface area contributed by atoms with Gasteiger partial charge in [0.25, 0.3) is 5.91 Å². The zero-order valence-corrected chi connectivity index (χ0v) is 16.0. The van der Waals surface area contributed by atoms with Crippen LogP contribution < -0.4 is 0 Å². The van der Waals surface area contributed by atoms with Gasteiger partial charge >= 0.3 is 0 Å². The van der Waals surface area contributed by atoms with Crippen LogP contribution in [-0.4, -0.2) is 56.9 Å². The topological polar surface area (TPSA) is 76.0 Å². The molecular weight excluding hydrogens is 342 g/mol. The molecule has 0 bridgehead atoms. The van der Waals surface area contributed by atoms with Gasteiger partial charge in [0.2, 0.25) is 0 Å². The van der Waals surface area contributed by atoms with Crippen molar-refractivity contribution in [1.29, 1.82) is 0 Å². The molecule has 1 N–H and O–H groups in total. The third-order valence-corrected chi connectivity index (χ3v) is 5.49. The standard InChI is InChI=1S/C20H25N5O2/c1-13-8-17-19(9-14(13)2)25(12-21-17)11-15-10-18(23-22-15)20(26)24(3)16-4-6-27-7-5-16/h8-10,12,16H,4-7,11H2,1-3H3,(H,22,23). The third kappa shape index (κ3) is 3.47. The van der Waals surface area contributed by atoms with Crippen molar-refractivity contribution in [2.45, 2.75) is 39.3 Å². The van der Waals surface area contributed by atoms with E-state index in [1.54, 1.807) is 4.90 Å². The molecule has 27 heavy (non-hydrogen) atoms. The molecule has 3 heterocycles. The number of imidazole rings is 1. The minimum Gasteiger partial charge on any atom is -0.381 e. The fraction of sp³-hybridized carbons (Fsp3) is 0.450. The first-order chi connectivity index (χ1) is 13.0. The largest absolute Gasteiger partial charge is 0.381 e. The lowest BCUT2D eigenvalue weighted by Gasteiger charge is -2.30. The number of H-pyrrole nitrogens is 1. The Morgan fingerprint density at radius 3 is 2.78 bits per heavy atom. The Hall–Kier alpha value is -2.67. The van der Waals surface area contributed by atoms with Crippen LogP contribution in [0.5, 0.6) is 0 Å². The van der Waals surface area contributed by atoms with E-state index in [4.69, 9.17) is 4.74 Å². The number of fused-ring (bicyclic) bond motifs is 1. The zero-order valence-electron chi connectivity index (χ0n) is 16.0. The van der Waals surface area contributed by atoms with Crippen molar-refractivity contribution >= 4 is 16.9 Å². The van der Waals surface area contributed by atoms with Gasteiger partial charge in [0, 0.05) is 26.3 Å². The number of hydrogen-bond donors (Lipinski definition) is 1. The van der Waals surface area contributed by atoms with Crippen LogP contribution in [0.3, 0.4) is 0 Å². The number of carbonyl (C=O) groups is 1. The summed E-state index contributed by atoms with van der Waals surface area (Å²) < 4.78 is 7.46. The Morgan fingerprint density at radius 1 is 1.26 bits per heavy atom. The van der Waals surface area contributed by atoms with Gasteiger partial charge in [-0.1, -0.05) is 0 Å². The minimum absolute atomic E-state index is 0.0497. The number of aryl methyl sites for hydroxylation is 2. The molecule has 142 valence electrons. The Kier molecular flexibility index (Phi) is 4.70. The van der Waals surface area contributed by atoms with Crippen LogP contribution in [0.25, 0.3) is 11.0 Å². The van der Waals surface area contributed by atoms with Crippen LogP contribution in [0, 0.1) is 13.8 Å². The molecule has 1 saturated heterocycles. The molecule has 0 spiro atoms. The molecule has 1 fully saturated rings. The monoisotopic (exact) mass is 367 g/mol. The van der Waals surface area contributed by atoms with Gasteiger partial charge in [0.15, 0.2) is 0 Å². The number of carbonyl (C=O) groups excluding carboxylic acids is 1.